The van der Waals surface area contributed by atoms with Crippen LogP contribution in [0.4, 0.5) is 11.4 Å². The smallest absolute Gasteiger partial charge is 0.261 e. The second-order valence-corrected chi connectivity index (χ2v) is 10.9. The molecule has 0 atom stereocenters. The fourth-order valence-electron chi connectivity index (χ4n) is 3.36. The van der Waals surface area contributed by atoms with Crippen LogP contribution in [0.5, 0.6) is 0 Å². The van der Waals surface area contributed by atoms with Gasteiger partial charge in [-0.05, 0) is 74.1 Å². The van der Waals surface area contributed by atoms with Crippen molar-refractivity contribution in [3.05, 3.63) is 53.1 Å². The molecule has 1 aliphatic heterocycles. The van der Waals surface area contributed by atoms with Crippen molar-refractivity contribution in [1.29, 1.82) is 0 Å². The number of nitrogens with zero attached hydrogens (tertiary/aromatic N) is 1. The summed E-state index contributed by atoms with van der Waals surface area (Å²) >= 11 is 0. The van der Waals surface area contributed by atoms with Crippen molar-refractivity contribution in [1.82, 2.24) is 0 Å². The Morgan fingerprint density at radius 2 is 1.75 bits per heavy atom. The van der Waals surface area contributed by atoms with Gasteiger partial charge in [0.25, 0.3) is 10.0 Å². The number of anilines is 2. The summed E-state index contributed by atoms with van der Waals surface area (Å²) in [6.07, 6.45) is 2.06. The quantitative estimate of drug-likeness (QED) is 0.771. The van der Waals surface area contributed by atoms with Crippen molar-refractivity contribution >= 4 is 31.4 Å². The molecule has 6 nitrogen and oxygen atoms in total. The first-order chi connectivity index (χ1) is 13.1. The van der Waals surface area contributed by atoms with Gasteiger partial charge in [-0.2, -0.15) is 0 Å². The van der Waals surface area contributed by atoms with Gasteiger partial charge in [0.05, 0.1) is 22.0 Å². The Morgan fingerprint density at radius 1 is 1.00 bits per heavy atom. The minimum atomic E-state index is -3.76. The fraction of sp³-hybridized carbons (Fsp3) is 0.400. The Morgan fingerprint density at radius 3 is 2.43 bits per heavy atom. The molecule has 0 bridgehead atoms. The highest BCUT2D eigenvalue weighted by atomic mass is 32.2. The number of hydrogen-bond donors (Lipinski definition) is 1. The van der Waals surface area contributed by atoms with Crippen LogP contribution in [0.1, 0.15) is 36.5 Å². The predicted molar refractivity (Wildman–Crippen MR) is 113 cm³/mol. The number of benzene rings is 2. The first-order valence-electron chi connectivity index (χ1n) is 9.37. The van der Waals surface area contributed by atoms with Gasteiger partial charge in [-0.3, -0.25) is 9.03 Å². The molecule has 1 N–H and O–H groups in total. The van der Waals surface area contributed by atoms with Crippen LogP contribution in [0.15, 0.2) is 41.3 Å². The number of sulfonamides is 2. The molecule has 0 amide bonds. The first kappa shape index (κ1) is 20.7. The molecule has 0 aliphatic carbocycles. The van der Waals surface area contributed by atoms with E-state index in [2.05, 4.69) is 4.72 Å². The van der Waals surface area contributed by atoms with E-state index in [1.165, 1.54) is 4.31 Å². The summed E-state index contributed by atoms with van der Waals surface area (Å²) in [5, 5.41) is 0. The number of aryl methyl sites for hydroxylation is 3. The fourth-order valence-corrected chi connectivity index (χ4v) is 6.10. The molecule has 1 aliphatic rings. The molecular weight excluding hydrogens is 396 g/mol. The molecule has 28 heavy (non-hydrogen) atoms. The van der Waals surface area contributed by atoms with E-state index in [1.54, 1.807) is 36.4 Å². The van der Waals surface area contributed by atoms with Gasteiger partial charge >= 0.3 is 0 Å². The van der Waals surface area contributed by atoms with Crippen molar-refractivity contribution in [2.45, 2.75) is 44.9 Å². The van der Waals surface area contributed by atoms with Gasteiger partial charge in [-0.1, -0.05) is 19.1 Å². The summed E-state index contributed by atoms with van der Waals surface area (Å²) in [4.78, 5) is 0.184. The first-order valence-corrected chi connectivity index (χ1v) is 12.5. The van der Waals surface area contributed by atoms with E-state index in [0.717, 1.165) is 29.5 Å². The summed E-state index contributed by atoms with van der Waals surface area (Å²) in [7, 11) is -7.17. The Kier molecular flexibility index (Phi) is 5.72. The van der Waals surface area contributed by atoms with Gasteiger partial charge in [0.1, 0.15) is 0 Å². The topological polar surface area (TPSA) is 83.6 Å². The molecule has 0 saturated carbocycles. The molecule has 3 rings (SSSR count). The molecule has 1 heterocycles. The summed E-state index contributed by atoms with van der Waals surface area (Å²) in [5.74, 6) is 0.0744. The van der Waals surface area contributed by atoms with Crippen LogP contribution in [-0.2, 0) is 26.5 Å². The molecule has 152 valence electrons. The third kappa shape index (κ3) is 4.17. The van der Waals surface area contributed by atoms with Crippen molar-refractivity contribution in [2.24, 2.45) is 0 Å². The minimum absolute atomic E-state index is 0.0744. The van der Waals surface area contributed by atoms with Crippen molar-refractivity contribution in [3.8, 4) is 0 Å². The Bertz CT molecular complexity index is 1090. The molecular formula is C20H26N2O4S2. The van der Waals surface area contributed by atoms with Crippen LogP contribution in [0.3, 0.4) is 0 Å². The van der Waals surface area contributed by atoms with Crippen LogP contribution in [0.25, 0.3) is 0 Å². The van der Waals surface area contributed by atoms with Crippen molar-refractivity contribution in [3.63, 3.8) is 0 Å². The Balaban J connectivity index is 1.95. The molecule has 0 spiro atoms. The predicted octanol–water partition coefficient (Wildman–Crippen LogP) is 3.60. The van der Waals surface area contributed by atoms with Gasteiger partial charge in [-0.25, -0.2) is 16.8 Å². The Hall–Kier alpha value is -2.06. The third-order valence-corrected chi connectivity index (χ3v) is 8.35. The van der Waals surface area contributed by atoms with E-state index >= 15 is 0 Å². The van der Waals surface area contributed by atoms with E-state index in [9.17, 15) is 16.8 Å². The highest BCUT2D eigenvalue weighted by Crippen LogP contribution is 2.33. The van der Waals surface area contributed by atoms with Gasteiger partial charge < -0.3 is 0 Å². The third-order valence-electron chi connectivity index (χ3n) is 5.00. The van der Waals surface area contributed by atoms with Crippen LogP contribution < -0.4 is 9.03 Å². The molecule has 8 heteroatoms. The summed E-state index contributed by atoms with van der Waals surface area (Å²) < 4.78 is 54.8. The van der Waals surface area contributed by atoms with Crippen molar-refractivity contribution in [2.75, 3.05) is 21.3 Å². The minimum Gasteiger partial charge on any atom is -0.280 e. The number of nitrogens with one attached hydrogen (secondary N) is 1. The summed E-state index contributed by atoms with van der Waals surface area (Å²) in [5.41, 5.74) is 3.75. The van der Waals surface area contributed by atoms with E-state index in [1.807, 2.05) is 20.8 Å². The zero-order valence-electron chi connectivity index (χ0n) is 16.4. The zero-order valence-corrected chi connectivity index (χ0v) is 18.0. The second kappa shape index (κ2) is 7.75. The van der Waals surface area contributed by atoms with Crippen molar-refractivity contribution < 1.29 is 16.8 Å². The normalized spacial score (nSPS) is 14.6. The molecule has 2 aromatic rings. The SMILES string of the molecule is CCCS(=O)(=O)N1CCCc2ccc(NS(=O)(=O)c3ccc(C)c(C)c3)cc21. The maximum Gasteiger partial charge on any atom is 0.261 e. The highest BCUT2D eigenvalue weighted by molar-refractivity contribution is 7.93. The average Bonchev–Trinajstić information content (AvgIpc) is 2.63. The molecule has 0 aromatic heterocycles. The van der Waals surface area contributed by atoms with Crippen LogP contribution >= 0.6 is 0 Å². The lowest BCUT2D eigenvalue weighted by molar-refractivity contribution is 0.585. The lowest BCUT2D eigenvalue weighted by atomic mass is 10.0. The molecule has 0 fully saturated rings. The lowest BCUT2D eigenvalue weighted by Gasteiger charge is -2.31. The van der Waals surface area contributed by atoms with Crippen LogP contribution in [-0.4, -0.2) is 29.1 Å². The lowest BCUT2D eigenvalue weighted by Crippen LogP contribution is -2.37. The zero-order chi connectivity index (χ0) is 20.5. The maximum absolute atomic E-state index is 12.8. The second-order valence-electron chi connectivity index (χ2n) is 7.19. The molecule has 2 aromatic carbocycles. The van der Waals surface area contributed by atoms with Gasteiger partial charge in [0, 0.05) is 6.54 Å². The summed E-state index contributed by atoms with van der Waals surface area (Å²) in [6.45, 7) is 6.04. The van der Waals surface area contributed by atoms with Crippen LogP contribution in [0, 0.1) is 13.8 Å². The highest BCUT2D eigenvalue weighted by Gasteiger charge is 2.27. The monoisotopic (exact) mass is 422 g/mol. The van der Waals surface area contributed by atoms with E-state index in [0.29, 0.717) is 24.3 Å². The van der Waals surface area contributed by atoms with Gasteiger partial charge in [0.15, 0.2) is 0 Å². The molecule has 0 saturated heterocycles. The standard InChI is InChI=1S/C20H26N2O4S2/c1-4-12-27(23,24)22-11-5-6-17-8-9-18(14-20(17)22)21-28(25,26)19-10-7-15(2)16(3)13-19/h7-10,13-14,21H,4-6,11-12H2,1-3H3. The average molecular weight is 423 g/mol. The van der Waals surface area contributed by atoms with Gasteiger partial charge in [0.2, 0.25) is 10.0 Å². The van der Waals surface area contributed by atoms with E-state index < -0.39 is 20.0 Å². The van der Waals surface area contributed by atoms with Crippen LogP contribution in [0.2, 0.25) is 0 Å². The van der Waals surface area contributed by atoms with E-state index in [-0.39, 0.29) is 10.6 Å². The Labute approximate surface area is 167 Å². The molecule has 0 unspecified atom stereocenters. The maximum atomic E-state index is 12.8. The summed E-state index contributed by atoms with van der Waals surface area (Å²) in [6, 6.07) is 10.1. The largest absolute Gasteiger partial charge is 0.280 e. The van der Waals surface area contributed by atoms with Gasteiger partial charge in [-0.15, -0.1) is 0 Å². The molecule has 0 radical (unpaired) electrons. The number of fused-ring (bicyclic) bond motifs is 1. The number of hydrogen-bond acceptors (Lipinski definition) is 4. The van der Waals surface area contributed by atoms with E-state index in [4.69, 9.17) is 0 Å². The number of rotatable bonds is 6.